The number of nitrogens with two attached hydrogens (primary N) is 1. The number of hydrogen-bond donors (Lipinski definition) is 2. The van der Waals surface area contributed by atoms with Crippen LogP contribution >= 0.6 is 7.82 Å². The van der Waals surface area contributed by atoms with Crippen molar-refractivity contribution in [3.63, 3.8) is 0 Å². The van der Waals surface area contributed by atoms with Gasteiger partial charge in [0.15, 0.2) is 6.10 Å². The molecule has 0 aliphatic rings. The molecule has 0 aliphatic carbocycles. The summed E-state index contributed by atoms with van der Waals surface area (Å²) in [5.74, 6) is -0.854. The summed E-state index contributed by atoms with van der Waals surface area (Å²) < 4.78 is 32.2. The number of esters is 2. The maximum Gasteiger partial charge on any atom is 0.472 e. The van der Waals surface area contributed by atoms with Crippen molar-refractivity contribution in [1.29, 1.82) is 0 Å². The monoisotopic (exact) mass is 549 g/mol. The van der Waals surface area contributed by atoms with Crippen LogP contribution in [0.5, 0.6) is 0 Å². The van der Waals surface area contributed by atoms with Gasteiger partial charge in [0, 0.05) is 19.4 Å². The Bertz CT molecular complexity index is 644. The van der Waals surface area contributed by atoms with Gasteiger partial charge < -0.3 is 20.1 Å². The van der Waals surface area contributed by atoms with Crippen LogP contribution in [-0.4, -0.2) is 49.3 Å². The zero-order valence-corrected chi connectivity index (χ0v) is 24.1. The van der Waals surface area contributed by atoms with Crippen LogP contribution in [-0.2, 0) is 32.7 Å². The molecule has 218 valence electrons. The molecular formula is C27H52NO8P. The Kier molecular flexibility index (Phi) is 24.2. The largest absolute Gasteiger partial charge is 0.472 e. The second kappa shape index (κ2) is 25.1. The van der Waals surface area contributed by atoms with E-state index < -0.39 is 32.5 Å². The number of rotatable bonds is 26. The van der Waals surface area contributed by atoms with E-state index in [0.29, 0.717) is 6.42 Å². The number of carbonyl (C=O) groups excluding carboxylic acids is 2. The normalized spacial score (nSPS) is 13.9. The number of hydrogen-bond acceptors (Lipinski definition) is 8. The van der Waals surface area contributed by atoms with Crippen LogP contribution in [0, 0.1) is 0 Å². The molecule has 1 unspecified atom stereocenters. The molecule has 2 atom stereocenters. The standard InChI is InChI=1S/C27H52NO8P/c1-3-5-7-9-11-12-14-16-18-20-27(30)36-25(24-35-37(31,32)34-22-21-28)23-33-26(29)19-17-15-13-10-8-6-4-2/h5,7,25H,3-4,6,8-24,28H2,1-2H3,(H,31,32)/b7-5-/t25-/m1/s1. The summed E-state index contributed by atoms with van der Waals surface area (Å²) in [6.45, 7) is 3.51. The summed E-state index contributed by atoms with van der Waals surface area (Å²) in [7, 11) is -4.35. The number of allylic oxidation sites excluding steroid dienone is 2. The molecule has 0 aromatic carbocycles. The van der Waals surface area contributed by atoms with Gasteiger partial charge in [-0.25, -0.2) is 4.57 Å². The average molecular weight is 550 g/mol. The number of phosphoric acid groups is 1. The molecule has 0 spiro atoms. The first-order valence-corrected chi connectivity index (χ1v) is 15.7. The van der Waals surface area contributed by atoms with Crippen molar-refractivity contribution in [1.82, 2.24) is 0 Å². The first kappa shape index (κ1) is 35.8. The molecule has 0 aliphatic heterocycles. The van der Waals surface area contributed by atoms with E-state index in [-0.39, 0.29) is 32.6 Å². The van der Waals surface area contributed by atoms with Crippen LogP contribution in [0.15, 0.2) is 12.2 Å². The van der Waals surface area contributed by atoms with Gasteiger partial charge in [-0.05, 0) is 32.1 Å². The number of carbonyl (C=O) groups is 2. The molecule has 0 fully saturated rings. The topological polar surface area (TPSA) is 134 Å². The lowest BCUT2D eigenvalue weighted by Gasteiger charge is -2.19. The fraction of sp³-hybridized carbons (Fsp3) is 0.852. The minimum Gasteiger partial charge on any atom is -0.462 e. The third-order valence-electron chi connectivity index (χ3n) is 5.66. The van der Waals surface area contributed by atoms with E-state index in [2.05, 4.69) is 26.0 Å². The summed E-state index contributed by atoms with van der Waals surface area (Å²) in [5.41, 5.74) is 5.28. The van der Waals surface area contributed by atoms with Crippen molar-refractivity contribution in [2.45, 2.75) is 123 Å². The SMILES string of the molecule is CC/C=C\CCCCCCCC(=O)O[C@H](COC(=O)CCCCCCCCC)COP(=O)(O)OCCN. The Morgan fingerprint density at radius 3 is 2.03 bits per heavy atom. The lowest BCUT2D eigenvalue weighted by atomic mass is 10.1. The van der Waals surface area contributed by atoms with E-state index in [9.17, 15) is 19.0 Å². The van der Waals surface area contributed by atoms with E-state index in [1.54, 1.807) is 0 Å². The second-order valence-corrected chi connectivity index (χ2v) is 10.7. The van der Waals surface area contributed by atoms with Crippen LogP contribution in [0.25, 0.3) is 0 Å². The van der Waals surface area contributed by atoms with Crippen LogP contribution in [0.4, 0.5) is 0 Å². The molecule has 0 radical (unpaired) electrons. The highest BCUT2D eigenvalue weighted by atomic mass is 31.2. The van der Waals surface area contributed by atoms with Gasteiger partial charge >= 0.3 is 19.8 Å². The average Bonchev–Trinajstić information content (AvgIpc) is 2.87. The highest BCUT2D eigenvalue weighted by molar-refractivity contribution is 7.47. The van der Waals surface area contributed by atoms with E-state index in [0.717, 1.165) is 57.8 Å². The Morgan fingerprint density at radius 2 is 1.41 bits per heavy atom. The van der Waals surface area contributed by atoms with Gasteiger partial charge in [-0.3, -0.25) is 18.6 Å². The smallest absolute Gasteiger partial charge is 0.462 e. The minimum absolute atomic E-state index is 0.0536. The lowest BCUT2D eigenvalue weighted by Crippen LogP contribution is -2.29. The maximum absolute atomic E-state index is 12.3. The number of unbranched alkanes of at least 4 members (excludes halogenated alkanes) is 11. The van der Waals surface area contributed by atoms with Crippen molar-refractivity contribution in [2.75, 3.05) is 26.4 Å². The van der Waals surface area contributed by atoms with Crippen molar-refractivity contribution in [3.8, 4) is 0 Å². The Hall–Kier alpha value is -1.25. The Balaban J connectivity index is 4.40. The minimum atomic E-state index is -4.35. The third kappa shape index (κ3) is 24.8. The van der Waals surface area contributed by atoms with Gasteiger partial charge in [-0.15, -0.1) is 0 Å². The van der Waals surface area contributed by atoms with Gasteiger partial charge in [0.1, 0.15) is 6.61 Å². The summed E-state index contributed by atoms with van der Waals surface area (Å²) in [6.07, 6.45) is 18.5. The molecular weight excluding hydrogens is 497 g/mol. The lowest BCUT2D eigenvalue weighted by molar-refractivity contribution is -0.161. The van der Waals surface area contributed by atoms with Gasteiger partial charge in [-0.2, -0.15) is 0 Å². The molecule has 0 aromatic heterocycles. The van der Waals surface area contributed by atoms with Crippen molar-refractivity contribution >= 4 is 19.8 Å². The molecule has 0 bridgehead atoms. The van der Waals surface area contributed by atoms with Gasteiger partial charge in [0.25, 0.3) is 0 Å². The first-order chi connectivity index (χ1) is 17.8. The summed E-state index contributed by atoms with van der Waals surface area (Å²) in [5, 5.41) is 0. The van der Waals surface area contributed by atoms with Crippen LogP contribution in [0.3, 0.4) is 0 Å². The zero-order valence-electron chi connectivity index (χ0n) is 23.2. The van der Waals surface area contributed by atoms with Crippen LogP contribution in [0.2, 0.25) is 0 Å². The van der Waals surface area contributed by atoms with Gasteiger partial charge in [0.2, 0.25) is 0 Å². The molecule has 0 heterocycles. The highest BCUT2D eigenvalue weighted by Crippen LogP contribution is 2.43. The predicted octanol–water partition coefficient (Wildman–Crippen LogP) is 6.37. The summed E-state index contributed by atoms with van der Waals surface area (Å²) >= 11 is 0. The van der Waals surface area contributed by atoms with Gasteiger partial charge in [-0.1, -0.05) is 83.8 Å². The first-order valence-electron chi connectivity index (χ1n) is 14.2. The van der Waals surface area contributed by atoms with Crippen LogP contribution < -0.4 is 5.73 Å². The molecule has 10 heteroatoms. The van der Waals surface area contributed by atoms with E-state index >= 15 is 0 Å². The quantitative estimate of drug-likeness (QED) is 0.0546. The fourth-order valence-electron chi connectivity index (χ4n) is 3.57. The molecule has 0 rings (SSSR count). The number of phosphoric ester groups is 1. The zero-order chi connectivity index (χ0) is 27.6. The molecule has 0 saturated heterocycles. The summed E-state index contributed by atoms with van der Waals surface area (Å²) in [4.78, 5) is 34.2. The predicted molar refractivity (Wildman–Crippen MR) is 146 cm³/mol. The van der Waals surface area contributed by atoms with E-state index in [1.165, 1.54) is 25.7 Å². The maximum atomic E-state index is 12.3. The Morgan fingerprint density at radius 1 is 0.811 bits per heavy atom. The summed E-state index contributed by atoms with van der Waals surface area (Å²) in [6, 6.07) is 0. The molecule has 0 saturated carbocycles. The molecule has 0 aromatic rings. The fourth-order valence-corrected chi connectivity index (χ4v) is 4.34. The molecule has 0 amide bonds. The molecule has 3 N–H and O–H groups in total. The molecule has 37 heavy (non-hydrogen) atoms. The van der Waals surface area contributed by atoms with Crippen molar-refractivity contribution in [3.05, 3.63) is 12.2 Å². The second-order valence-electron chi connectivity index (χ2n) is 9.24. The van der Waals surface area contributed by atoms with Gasteiger partial charge in [0.05, 0.1) is 13.2 Å². The van der Waals surface area contributed by atoms with Crippen LogP contribution in [0.1, 0.15) is 117 Å². The molecule has 9 nitrogen and oxygen atoms in total. The Labute approximate surface area is 224 Å². The van der Waals surface area contributed by atoms with Crippen molar-refractivity contribution in [2.24, 2.45) is 5.73 Å². The van der Waals surface area contributed by atoms with E-state index in [4.69, 9.17) is 24.3 Å². The highest BCUT2D eigenvalue weighted by Gasteiger charge is 2.25. The van der Waals surface area contributed by atoms with E-state index in [1.807, 2.05) is 0 Å². The van der Waals surface area contributed by atoms with Crippen molar-refractivity contribution < 1.29 is 37.6 Å². The third-order valence-corrected chi connectivity index (χ3v) is 6.65. The number of ether oxygens (including phenoxy) is 2.